The molecule has 9 heteroatoms. The highest BCUT2D eigenvalue weighted by Gasteiger charge is 2.48. The van der Waals surface area contributed by atoms with Gasteiger partial charge in [0.25, 0.3) is 5.91 Å². The van der Waals surface area contributed by atoms with E-state index in [1.54, 1.807) is 60.7 Å². The minimum absolute atomic E-state index is 0.163. The number of hydrogen-bond donors (Lipinski definition) is 4. The molecule has 1 aliphatic heterocycles. The van der Waals surface area contributed by atoms with E-state index < -0.39 is 36.6 Å². The first-order valence-corrected chi connectivity index (χ1v) is 12.7. The van der Waals surface area contributed by atoms with Gasteiger partial charge < -0.3 is 25.5 Å². The van der Waals surface area contributed by atoms with Gasteiger partial charge in [0.15, 0.2) is 0 Å². The van der Waals surface area contributed by atoms with Crippen LogP contribution in [-0.4, -0.2) is 57.3 Å². The SMILES string of the molecule is C[C@H](O)[C@H](CO)N1C(=O)c2ccccc2[C@@H](C(=O)NCCc2ccc(O)cc2)[C@@H]1c1ccc(Cl)cc1Cl. The maximum Gasteiger partial charge on any atom is 0.255 e. The minimum atomic E-state index is -1.08. The highest BCUT2D eigenvalue weighted by Crippen LogP contribution is 2.46. The minimum Gasteiger partial charge on any atom is -0.508 e. The van der Waals surface area contributed by atoms with E-state index >= 15 is 0 Å². The van der Waals surface area contributed by atoms with Crippen molar-refractivity contribution in [2.24, 2.45) is 0 Å². The predicted octanol–water partition coefficient (Wildman–Crippen LogP) is 4.08. The van der Waals surface area contributed by atoms with Crippen molar-refractivity contribution in [1.82, 2.24) is 10.2 Å². The molecule has 0 aromatic heterocycles. The van der Waals surface area contributed by atoms with Gasteiger partial charge in [-0.3, -0.25) is 9.59 Å². The number of aliphatic hydroxyl groups is 2. The van der Waals surface area contributed by atoms with Crippen LogP contribution in [0.3, 0.4) is 0 Å². The summed E-state index contributed by atoms with van der Waals surface area (Å²) in [7, 11) is 0. The van der Waals surface area contributed by atoms with Gasteiger partial charge in [-0.2, -0.15) is 0 Å². The second-order valence-corrected chi connectivity index (χ2v) is 9.93. The molecule has 1 heterocycles. The molecule has 1 aliphatic rings. The molecule has 0 unspecified atom stereocenters. The van der Waals surface area contributed by atoms with Crippen molar-refractivity contribution in [1.29, 1.82) is 0 Å². The summed E-state index contributed by atoms with van der Waals surface area (Å²) in [4.78, 5) is 28.9. The lowest BCUT2D eigenvalue weighted by Crippen LogP contribution is -2.55. The van der Waals surface area contributed by atoms with E-state index in [4.69, 9.17) is 23.2 Å². The van der Waals surface area contributed by atoms with Crippen molar-refractivity contribution in [3.8, 4) is 5.75 Å². The summed E-state index contributed by atoms with van der Waals surface area (Å²) in [5.74, 6) is -1.46. The Bertz CT molecular complexity index is 1280. The summed E-state index contributed by atoms with van der Waals surface area (Å²) >= 11 is 12.7. The molecule has 3 aromatic rings. The molecule has 0 bridgehead atoms. The molecule has 0 saturated carbocycles. The molecule has 0 aliphatic carbocycles. The summed E-state index contributed by atoms with van der Waals surface area (Å²) in [6, 6.07) is 16.5. The molecule has 37 heavy (non-hydrogen) atoms. The smallest absolute Gasteiger partial charge is 0.255 e. The van der Waals surface area contributed by atoms with Crippen LogP contribution in [-0.2, 0) is 11.2 Å². The van der Waals surface area contributed by atoms with E-state index in [1.165, 1.54) is 17.9 Å². The van der Waals surface area contributed by atoms with Crippen molar-refractivity contribution < 1.29 is 24.9 Å². The molecule has 0 saturated heterocycles. The molecule has 4 rings (SSSR count). The lowest BCUT2D eigenvalue weighted by molar-refractivity contribution is -0.125. The third-order valence-electron chi connectivity index (χ3n) is 6.69. The van der Waals surface area contributed by atoms with Crippen LogP contribution in [0.15, 0.2) is 66.7 Å². The fraction of sp³-hybridized carbons (Fsp3) is 0.286. The van der Waals surface area contributed by atoms with Crippen molar-refractivity contribution in [2.45, 2.75) is 37.5 Å². The number of carbonyl (C=O) groups excluding carboxylic acids is 2. The molecule has 0 spiro atoms. The van der Waals surface area contributed by atoms with E-state index in [2.05, 4.69) is 5.32 Å². The first-order chi connectivity index (χ1) is 17.7. The largest absolute Gasteiger partial charge is 0.508 e. The quantitative estimate of drug-likeness (QED) is 0.343. The first-order valence-electron chi connectivity index (χ1n) is 11.9. The Labute approximate surface area is 225 Å². The number of aliphatic hydroxyl groups excluding tert-OH is 2. The molecule has 7 nitrogen and oxygen atoms in total. The van der Waals surface area contributed by atoms with Gasteiger partial charge in [-0.05, 0) is 60.4 Å². The van der Waals surface area contributed by atoms with Crippen LogP contribution in [0.5, 0.6) is 5.75 Å². The summed E-state index contributed by atoms with van der Waals surface area (Å²) in [5, 5.41) is 33.8. The van der Waals surface area contributed by atoms with Crippen LogP contribution >= 0.6 is 23.2 Å². The Kier molecular flexibility index (Phi) is 8.39. The zero-order valence-corrected chi connectivity index (χ0v) is 21.7. The van der Waals surface area contributed by atoms with Crippen LogP contribution in [0.4, 0.5) is 0 Å². The van der Waals surface area contributed by atoms with Gasteiger partial charge in [0.2, 0.25) is 5.91 Å². The van der Waals surface area contributed by atoms with Gasteiger partial charge in [0, 0.05) is 22.2 Å². The Morgan fingerprint density at radius 1 is 1.05 bits per heavy atom. The van der Waals surface area contributed by atoms with E-state index in [1.807, 2.05) is 0 Å². The fourth-order valence-electron chi connectivity index (χ4n) is 4.85. The number of nitrogens with one attached hydrogen (secondary N) is 1. The highest BCUT2D eigenvalue weighted by atomic mass is 35.5. The molecule has 0 fully saturated rings. The van der Waals surface area contributed by atoms with Gasteiger partial charge in [0.1, 0.15) is 5.75 Å². The Balaban J connectivity index is 1.78. The Morgan fingerprint density at radius 3 is 2.41 bits per heavy atom. The maximum absolute atomic E-state index is 13.8. The monoisotopic (exact) mass is 542 g/mol. The number of amides is 2. The van der Waals surface area contributed by atoms with E-state index in [9.17, 15) is 24.9 Å². The van der Waals surface area contributed by atoms with Crippen LogP contribution < -0.4 is 5.32 Å². The molecule has 3 aromatic carbocycles. The molecule has 0 radical (unpaired) electrons. The molecule has 2 amide bonds. The average molecular weight is 543 g/mol. The van der Waals surface area contributed by atoms with Crippen LogP contribution in [0, 0.1) is 0 Å². The number of halogens is 2. The van der Waals surface area contributed by atoms with Crippen molar-refractivity contribution >= 4 is 35.0 Å². The Morgan fingerprint density at radius 2 is 1.76 bits per heavy atom. The predicted molar refractivity (Wildman–Crippen MR) is 142 cm³/mol. The van der Waals surface area contributed by atoms with Crippen molar-refractivity contribution in [3.05, 3.63) is 99.0 Å². The maximum atomic E-state index is 13.8. The zero-order valence-electron chi connectivity index (χ0n) is 20.1. The van der Waals surface area contributed by atoms with Crippen LogP contribution in [0.1, 0.15) is 45.9 Å². The Hall–Kier alpha value is -3.10. The summed E-state index contributed by atoms with van der Waals surface area (Å²) in [6.07, 6.45) is -0.548. The third-order valence-corrected chi connectivity index (χ3v) is 7.25. The van der Waals surface area contributed by atoms with Crippen LogP contribution in [0.25, 0.3) is 0 Å². The first kappa shape index (κ1) is 26.9. The summed E-state index contributed by atoms with van der Waals surface area (Å²) < 4.78 is 0. The van der Waals surface area contributed by atoms with Crippen molar-refractivity contribution in [3.63, 3.8) is 0 Å². The standard InChI is InChI=1S/C28H28Cl2N2O5/c1-16(34)24(15-33)32-26(22-11-8-18(29)14-23(22)30)25(20-4-2-3-5-21(20)28(32)37)27(36)31-13-12-17-6-9-19(35)10-7-17/h2-11,14,16,24-26,33-35H,12-13,15H2,1H3,(H,31,36)/t16-,24-,25+,26-/m0/s1. The van der Waals surface area contributed by atoms with Crippen LogP contribution in [0.2, 0.25) is 10.0 Å². The second-order valence-electron chi connectivity index (χ2n) is 9.09. The number of rotatable bonds is 8. The summed E-state index contributed by atoms with van der Waals surface area (Å²) in [5.41, 5.74) is 2.27. The number of phenols is 1. The van der Waals surface area contributed by atoms with E-state index in [-0.39, 0.29) is 16.7 Å². The van der Waals surface area contributed by atoms with Crippen molar-refractivity contribution in [2.75, 3.05) is 13.2 Å². The number of aromatic hydroxyl groups is 1. The molecular weight excluding hydrogens is 515 g/mol. The van der Waals surface area contributed by atoms with Gasteiger partial charge in [-0.25, -0.2) is 0 Å². The number of benzene rings is 3. The normalized spacial score (nSPS) is 18.7. The number of nitrogens with zero attached hydrogens (tertiary/aromatic N) is 1. The number of hydrogen-bond acceptors (Lipinski definition) is 5. The van der Waals surface area contributed by atoms with Gasteiger partial charge in [0.05, 0.1) is 30.7 Å². The topological polar surface area (TPSA) is 110 Å². The number of carbonyl (C=O) groups is 2. The zero-order chi connectivity index (χ0) is 26.7. The number of phenolic OH excluding ortho intramolecular Hbond substituents is 1. The molecular formula is C28H28Cl2N2O5. The van der Waals surface area contributed by atoms with E-state index in [0.29, 0.717) is 34.7 Å². The van der Waals surface area contributed by atoms with Gasteiger partial charge in [-0.15, -0.1) is 0 Å². The summed E-state index contributed by atoms with van der Waals surface area (Å²) in [6.45, 7) is 1.29. The van der Waals surface area contributed by atoms with E-state index in [0.717, 1.165) is 5.56 Å². The second kappa shape index (κ2) is 11.5. The molecule has 4 atom stereocenters. The lowest BCUT2D eigenvalue weighted by Gasteiger charge is -2.46. The number of fused-ring (bicyclic) bond motifs is 1. The third kappa shape index (κ3) is 5.60. The van der Waals surface area contributed by atoms with Gasteiger partial charge >= 0.3 is 0 Å². The highest BCUT2D eigenvalue weighted by molar-refractivity contribution is 6.35. The molecule has 4 N–H and O–H groups in total. The fourth-order valence-corrected chi connectivity index (χ4v) is 5.37. The van der Waals surface area contributed by atoms with Gasteiger partial charge in [-0.1, -0.05) is 59.6 Å². The lowest BCUT2D eigenvalue weighted by atomic mass is 9.78. The average Bonchev–Trinajstić information content (AvgIpc) is 2.87. The molecule has 194 valence electrons.